The second-order valence-electron chi connectivity index (χ2n) is 5.29. The minimum absolute atomic E-state index is 0. The van der Waals surface area contributed by atoms with Crippen LogP contribution in [0, 0.1) is 5.92 Å². The van der Waals surface area contributed by atoms with Crippen molar-refractivity contribution in [2.45, 2.75) is 25.8 Å². The van der Waals surface area contributed by atoms with Gasteiger partial charge >= 0.3 is 0 Å². The molecule has 4 nitrogen and oxygen atoms in total. The van der Waals surface area contributed by atoms with E-state index < -0.39 is 0 Å². The minimum atomic E-state index is 0. The lowest BCUT2D eigenvalue weighted by molar-refractivity contribution is -0.123. The number of hydrogen-bond donors (Lipinski definition) is 1. The average Bonchev–Trinajstić information content (AvgIpc) is 2.45. The summed E-state index contributed by atoms with van der Waals surface area (Å²) in [6.45, 7) is 3.01. The molecule has 0 spiro atoms. The molecule has 1 heterocycles. The number of carbonyl (C=O) groups is 1. The number of piperidine rings is 1. The Morgan fingerprint density at radius 3 is 2.76 bits per heavy atom. The number of halogens is 2. The fourth-order valence-electron chi connectivity index (χ4n) is 2.62. The number of ether oxygens (including phenoxy) is 1. The third-order valence-corrected chi connectivity index (χ3v) is 4.12. The standard InChI is InChI=1S/C15H21ClN2O2.ClH/c1-10-8-11(6-7-17-10)15(19)18(2)12-4-5-14(20-3)13(16)9-12;/h4-5,9-11,17H,6-8H2,1-3H3;1H/t10-,11-;/m0./s1. The predicted molar refractivity (Wildman–Crippen MR) is 88.9 cm³/mol. The van der Waals surface area contributed by atoms with Crippen LogP contribution < -0.4 is 15.0 Å². The van der Waals surface area contributed by atoms with E-state index in [1.54, 1.807) is 31.2 Å². The number of anilines is 1. The molecule has 0 saturated carbocycles. The molecule has 0 aliphatic carbocycles. The van der Waals surface area contributed by atoms with Crippen molar-refractivity contribution in [1.29, 1.82) is 0 Å². The van der Waals surface area contributed by atoms with E-state index in [0.717, 1.165) is 25.1 Å². The highest BCUT2D eigenvalue weighted by atomic mass is 35.5. The van der Waals surface area contributed by atoms with Gasteiger partial charge in [0.25, 0.3) is 0 Å². The molecule has 1 saturated heterocycles. The first-order chi connectivity index (χ1) is 9.52. The smallest absolute Gasteiger partial charge is 0.229 e. The van der Waals surface area contributed by atoms with Crippen molar-refractivity contribution in [2.24, 2.45) is 5.92 Å². The molecule has 2 rings (SSSR count). The zero-order chi connectivity index (χ0) is 14.7. The number of carbonyl (C=O) groups excluding carboxylic acids is 1. The Labute approximate surface area is 137 Å². The van der Waals surface area contributed by atoms with Crippen molar-refractivity contribution >= 4 is 35.6 Å². The fraction of sp³-hybridized carbons (Fsp3) is 0.533. The summed E-state index contributed by atoms with van der Waals surface area (Å²) >= 11 is 6.11. The summed E-state index contributed by atoms with van der Waals surface area (Å²) in [7, 11) is 3.37. The molecule has 21 heavy (non-hydrogen) atoms. The van der Waals surface area contributed by atoms with Crippen molar-refractivity contribution < 1.29 is 9.53 Å². The van der Waals surface area contributed by atoms with E-state index in [-0.39, 0.29) is 24.2 Å². The maximum Gasteiger partial charge on any atom is 0.229 e. The molecule has 1 fully saturated rings. The summed E-state index contributed by atoms with van der Waals surface area (Å²) in [5.74, 6) is 0.850. The number of nitrogens with zero attached hydrogens (tertiary/aromatic N) is 1. The summed E-state index contributed by atoms with van der Waals surface area (Å²) in [4.78, 5) is 14.2. The van der Waals surface area contributed by atoms with Gasteiger partial charge in [0.05, 0.1) is 12.1 Å². The monoisotopic (exact) mass is 332 g/mol. The van der Waals surface area contributed by atoms with Gasteiger partial charge in [0, 0.05) is 24.7 Å². The highest BCUT2D eigenvalue weighted by molar-refractivity contribution is 6.32. The lowest BCUT2D eigenvalue weighted by Crippen LogP contribution is -2.43. The molecule has 0 aromatic heterocycles. The van der Waals surface area contributed by atoms with Gasteiger partial charge in [-0.3, -0.25) is 4.79 Å². The molecule has 0 bridgehead atoms. The molecule has 1 aromatic carbocycles. The summed E-state index contributed by atoms with van der Waals surface area (Å²) in [6, 6.07) is 5.80. The van der Waals surface area contributed by atoms with Crippen LogP contribution >= 0.6 is 24.0 Å². The number of rotatable bonds is 3. The maximum atomic E-state index is 12.5. The quantitative estimate of drug-likeness (QED) is 0.924. The Morgan fingerprint density at radius 2 is 2.19 bits per heavy atom. The maximum absolute atomic E-state index is 12.5. The second kappa shape index (κ2) is 7.87. The molecule has 0 radical (unpaired) electrons. The third kappa shape index (κ3) is 4.25. The Balaban J connectivity index is 0.00000220. The fourth-order valence-corrected chi connectivity index (χ4v) is 2.87. The Hall–Kier alpha value is -0.970. The molecule has 2 atom stereocenters. The van der Waals surface area contributed by atoms with Crippen molar-refractivity contribution in [3.8, 4) is 5.75 Å². The van der Waals surface area contributed by atoms with Crippen molar-refractivity contribution in [1.82, 2.24) is 5.32 Å². The van der Waals surface area contributed by atoms with E-state index in [1.165, 1.54) is 0 Å². The molecule has 0 unspecified atom stereocenters. The topological polar surface area (TPSA) is 41.6 Å². The largest absolute Gasteiger partial charge is 0.495 e. The van der Waals surface area contributed by atoms with Gasteiger partial charge in [0.2, 0.25) is 5.91 Å². The summed E-state index contributed by atoms with van der Waals surface area (Å²) in [5, 5.41) is 3.88. The third-order valence-electron chi connectivity index (χ3n) is 3.83. The highest BCUT2D eigenvalue weighted by Gasteiger charge is 2.27. The van der Waals surface area contributed by atoms with Crippen LogP contribution in [0.5, 0.6) is 5.75 Å². The highest BCUT2D eigenvalue weighted by Crippen LogP contribution is 2.30. The molecule has 6 heteroatoms. The first kappa shape index (κ1) is 18.1. The Morgan fingerprint density at radius 1 is 1.48 bits per heavy atom. The van der Waals surface area contributed by atoms with Gasteiger partial charge < -0.3 is 15.0 Å². The summed E-state index contributed by atoms with van der Waals surface area (Å²) in [5.41, 5.74) is 0.798. The first-order valence-corrected chi connectivity index (χ1v) is 7.25. The minimum Gasteiger partial charge on any atom is -0.495 e. The Bertz CT molecular complexity index is 497. The molecular weight excluding hydrogens is 311 g/mol. The number of amides is 1. The number of methoxy groups -OCH3 is 1. The molecule has 1 aliphatic rings. The van der Waals surface area contributed by atoms with Crippen molar-refractivity contribution in [3.05, 3.63) is 23.2 Å². The zero-order valence-electron chi connectivity index (χ0n) is 12.6. The van der Waals surface area contributed by atoms with E-state index in [4.69, 9.17) is 16.3 Å². The van der Waals surface area contributed by atoms with E-state index in [1.807, 2.05) is 6.07 Å². The van der Waals surface area contributed by atoms with Crippen LogP contribution in [0.2, 0.25) is 5.02 Å². The van der Waals surface area contributed by atoms with Gasteiger partial charge in [0.15, 0.2) is 0 Å². The molecule has 1 aliphatic heterocycles. The predicted octanol–water partition coefficient (Wildman–Crippen LogP) is 3.12. The summed E-state index contributed by atoms with van der Waals surface area (Å²) in [6.07, 6.45) is 1.77. The first-order valence-electron chi connectivity index (χ1n) is 6.87. The zero-order valence-corrected chi connectivity index (χ0v) is 14.1. The van der Waals surface area contributed by atoms with Gasteiger partial charge in [-0.2, -0.15) is 0 Å². The van der Waals surface area contributed by atoms with Gasteiger partial charge in [-0.05, 0) is 44.5 Å². The van der Waals surface area contributed by atoms with Crippen LogP contribution in [0.3, 0.4) is 0 Å². The molecule has 1 aromatic rings. The van der Waals surface area contributed by atoms with Gasteiger partial charge in [-0.1, -0.05) is 11.6 Å². The van der Waals surface area contributed by atoms with Crippen molar-refractivity contribution in [2.75, 3.05) is 25.6 Å². The van der Waals surface area contributed by atoms with Gasteiger partial charge in [0.1, 0.15) is 5.75 Å². The van der Waals surface area contributed by atoms with Gasteiger partial charge in [-0.15, -0.1) is 12.4 Å². The average molecular weight is 333 g/mol. The van der Waals surface area contributed by atoms with Crippen LogP contribution in [0.25, 0.3) is 0 Å². The van der Waals surface area contributed by atoms with Crippen LogP contribution in [0.15, 0.2) is 18.2 Å². The van der Waals surface area contributed by atoms with Crippen LogP contribution in [0.1, 0.15) is 19.8 Å². The summed E-state index contributed by atoms with van der Waals surface area (Å²) < 4.78 is 5.13. The van der Waals surface area contributed by atoms with E-state index in [9.17, 15) is 4.79 Å². The van der Waals surface area contributed by atoms with Gasteiger partial charge in [-0.25, -0.2) is 0 Å². The van der Waals surface area contributed by atoms with Crippen molar-refractivity contribution in [3.63, 3.8) is 0 Å². The van der Waals surface area contributed by atoms with Crippen LogP contribution in [-0.4, -0.2) is 32.7 Å². The van der Waals surface area contributed by atoms with E-state index in [0.29, 0.717) is 16.8 Å². The number of nitrogens with one attached hydrogen (secondary N) is 1. The van der Waals surface area contributed by atoms with E-state index in [2.05, 4.69) is 12.2 Å². The Kier molecular flexibility index (Phi) is 6.78. The lowest BCUT2D eigenvalue weighted by atomic mass is 9.92. The molecule has 1 amide bonds. The normalized spacial score (nSPS) is 21.3. The molecule has 1 N–H and O–H groups in total. The SMILES string of the molecule is COc1ccc(N(C)C(=O)[C@H]2CCN[C@@H](C)C2)cc1Cl.Cl. The lowest BCUT2D eigenvalue weighted by Gasteiger charge is -2.30. The van der Waals surface area contributed by atoms with Crippen LogP contribution in [0.4, 0.5) is 5.69 Å². The molecular formula is C15H22Cl2N2O2. The van der Waals surface area contributed by atoms with E-state index >= 15 is 0 Å². The second-order valence-corrected chi connectivity index (χ2v) is 5.70. The number of benzene rings is 1. The number of hydrogen-bond acceptors (Lipinski definition) is 3. The van der Waals surface area contributed by atoms with Crippen LogP contribution in [-0.2, 0) is 4.79 Å². The molecule has 118 valence electrons.